The van der Waals surface area contributed by atoms with Crippen LogP contribution in [0.2, 0.25) is 0 Å². The van der Waals surface area contributed by atoms with Gasteiger partial charge in [0.05, 0.1) is 12.8 Å². The molecule has 7 heteroatoms. The first-order valence-corrected chi connectivity index (χ1v) is 8.22. The zero-order valence-corrected chi connectivity index (χ0v) is 15.0. The van der Waals surface area contributed by atoms with Gasteiger partial charge in [0.2, 0.25) is 11.8 Å². The molecule has 2 aromatic heterocycles. The summed E-state index contributed by atoms with van der Waals surface area (Å²) < 4.78 is 10.8. The molecule has 0 saturated carbocycles. The average molecular weight is 331 g/mol. The number of hydrogen-bond donors (Lipinski definition) is 0. The van der Waals surface area contributed by atoms with E-state index in [1.54, 1.807) is 7.11 Å². The van der Waals surface area contributed by atoms with Crippen LogP contribution >= 0.6 is 0 Å². The maximum atomic E-state index is 5.38. The molecule has 0 spiro atoms. The van der Waals surface area contributed by atoms with Gasteiger partial charge in [-0.1, -0.05) is 5.16 Å². The first-order chi connectivity index (χ1) is 11.5. The molecule has 3 rings (SSSR count). The highest BCUT2D eigenvalue weighted by atomic mass is 16.5. The van der Waals surface area contributed by atoms with Crippen LogP contribution in [0.4, 0.5) is 0 Å². The predicted octanol–water partition coefficient (Wildman–Crippen LogP) is 1.89. The summed E-state index contributed by atoms with van der Waals surface area (Å²) in [5.41, 5.74) is 3.32. The van der Waals surface area contributed by atoms with Crippen LogP contribution in [0.25, 0.3) is 0 Å². The van der Waals surface area contributed by atoms with Gasteiger partial charge in [0.25, 0.3) is 0 Å². The molecule has 1 saturated heterocycles. The van der Waals surface area contributed by atoms with Crippen molar-refractivity contribution < 1.29 is 9.26 Å². The van der Waals surface area contributed by atoms with Crippen LogP contribution in [0.15, 0.2) is 10.6 Å². The number of methoxy groups -OCH3 is 1. The molecule has 0 amide bonds. The summed E-state index contributed by atoms with van der Waals surface area (Å²) >= 11 is 0. The Balaban J connectivity index is 1.76. The number of likely N-dealkylation sites (N-methyl/N-ethyl adjacent to an activating group) is 1. The molecule has 130 valence electrons. The van der Waals surface area contributed by atoms with E-state index in [2.05, 4.69) is 45.0 Å². The number of pyridine rings is 1. The first kappa shape index (κ1) is 16.9. The second kappa shape index (κ2) is 6.86. The molecule has 2 aromatic rings. The molecular weight excluding hydrogens is 306 g/mol. The van der Waals surface area contributed by atoms with Crippen LogP contribution in [0.1, 0.15) is 34.6 Å². The second-order valence-corrected chi connectivity index (χ2v) is 6.49. The Morgan fingerprint density at radius 1 is 1.21 bits per heavy atom. The SMILES string of the molecule is COc1nc(CN2CCN(C)C(c3nc(C)no3)C2)c(C)cc1C. The molecule has 7 nitrogen and oxygen atoms in total. The number of aryl methyl sites for hydroxylation is 3. The second-order valence-electron chi connectivity index (χ2n) is 6.49. The molecule has 3 heterocycles. The molecule has 0 N–H and O–H groups in total. The summed E-state index contributed by atoms with van der Waals surface area (Å²) in [4.78, 5) is 13.7. The van der Waals surface area contributed by atoms with Crippen LogP contribution in [-0.4, -0.2) is 58.7 Å². The summed E-state index contributed by atoms with van der Waals surface area (Å²) in [7, 11) is 3.76. The van der Waals surface area contributed by atoms with Gasteiger partial charge in [-0.25, -0.2) is 4.98 Å². The summed E-state index contributed by atoms with van der Waals surface area (Å²) in [6.45, 7) is 9.54. The van der Waals surface area contributed by atoms with Crippen molar-refractivity contribution >= 4 is 0 Å². The Labute approximate surface area is 142 Å². The molecule has 0 bridgehead atoms. The van der Waals surface area contributed by atoms with Gasteiger partial charge in [-0.3, -0.25) is 9.80 Å². The van der Waals surface area contributed by atoms with Crippen LogP contribution in [0.3, 0.4) is 0 Å². The molecule has 1 atom stereocenters. The number of aromatic nitrogens is 3. The first-order valence-electron chi connectivity index (χ1n) is 8.22. The van der Waals surface area contributed by atoms with Crippen LogP contribution < -0.4 is 4.74 Å². The fraction of sp³-hybridized carbons (Fsp3) is 0.588. The summed E-state index contributed by atoms with van der Waals surface area (Å²) in [6.07, 6.45) is 0. The van der Waals surface area contributed by atoms with E-state index in [0.29, 0.717) is 17.6 Å². The smallest absolute Gasteiger partial charge is 0.245 e. The lowest BCUT2D eigenvalue weighted by atomic mass is 10.1. The minimum Gasteiger partial charge on any atom is -0.481 e. The zero-order valence-electron chi connectivity index (χ0n) is 15.0. The third kappa shape index (κ3) is 3.42. The third-order valence-corrected chi connectivity index (χ3v) is 4.59. The fourth-order valence-electron chi connectivity index (χ4n) is 3.14. The van der Waals surface area contributed by atoms with E-state index in [1.807, 2.05) is 13.8 Å². The van der Waals surface area contributed by atoms with Gasteiger partial charge in [0, 0.05) is 31.7 Å². The number of rotatable bonds is 4. The number of piperazine rings is 1. The Morgan fingerprint density at radius 3 is 2.67 bits per heavy atom. The largest absolute Gasteiger partial charge is 0.481 e. The van der Waals surface area contributed by atoms with Crippen molar-refractivity contribution in [1.82, 2.24) is 24.9 Å². The molecule has 0 aromatic carbocycles. The normalized spacial score (nSPS) is 19.6. The summed E-state index contributed by atoms with van der Waals surface area (Å²) in [6, 6.07) is 2.25. The van der Waals surface area contributed by atoms with Crippen molar-refractivity contribution in [3.63, 3.8) is 0 Å². The minimum absolute atomic E-state index is 0.118. The van der Waals surface area contributed by atoms with Gasteiger partial charge in [0.15, 0.2) is 5.82 Å². The van der Waals surface area contributed by atoms with Crippen LogP contribution in [0, 0.1) is 20.8 Å². The molecule has 1 aliphatic rings. The minimum atomic E-state index is 0.118. The summed E-state index contributed by atoms with van der Waals surface area (Å²) in [5, 5.41) is 3.92. The van der Waals surface area contributed by atoms with Gasteiger partial charge in [-0.15, -0.1) is 0 Å². The van der Waals surface area contributed by atoms with E-state index in [1.165, 1.54) is 5.56 Å². The highest BCUT2D eigenvalue weighted by molar-refractivity contribution is 5.32. The van der Waals surface area contributed by atoms with E-state index in [9.17, 15) is 0 Å². The highest BCUT2D eigenvalue weighted by Gasteiger charge is 2.30. The van der Waals surface area contributed by atoms with E-state index in [0.717, 1.165) is 37.4 Å². The van der Waals surface area contributed by atoms with E-state index >= 15 is 0 Å². The lowest BCUT2D eigenvalue weighted by Gasteiger charge is -2.37. The Morgan fingerprint density at radius 2 is 2.00 bits per heavy atom. The fourth-order valence-corrected chi connectivity index (χ4v) is 3.14. The van der Waals surface area contributed by atoms with Crippen molar-refractivity contribution in [2.75, 3.05) is 33.8 Å². The molecule has 0 aliphatic carbocycles. The molecule has 1 aliphatic heterocycles. The van der Waals surface area contributed by atoms with Gasteiger partial charge < -0.3 is 9.26 Å². The van der Waals surface area contributed by atoms with Gasteiger partial charge in [-0.2, -0.15) is 4.98 Å². The zero-order chi connectivity index (χ0) is 17.3. The van der Waals surface area contributed by atoms with Crippen LogP contribution in [0.5, 0.6) is 5.88 Å². The lowest BCUT2D eigenvalue weighted by Crippen LogP contribution is -2.46. The van der Waals surface area contributed by atoms with E-state index < -0.39 is 0 Å². The van der Waals surface area contributed by atoms with Gasteiger partial charge in [0.1, 0.15) is 6.04 Å². The molecule has 1 unspecified atom stereocenters. The Hall–Kier alpha value is -1.99. The monoisotopic (exact) mass is 331 g/mol. The molecule has 1 fully saturated rings. The van der Waals surface area contributed by atoms with Crippen molar-refractivity contribution in [3.8, 4) is 5.88 Å². The Bertz CT molecular complexity index is 715. The van der Waals surface area contributed by atoms with Crippen molar-refractivity contribution in [3.05, 3.63) is 34.6 Å². The van der Waals surface area contributed by atoms with Crippen molar-refractivity contribution in [2.24, 2.45) is 0 Å². The maximum absolute atomic E-state index is 5.38. The highest BCUT2D eigenvalue weighted by Crippen LogP contribution is 2.25. The van der Waals surface area contributed by atoms with E-state index in [4.69, 9.17) is 9.26 Å². The number of ether oxygens (including phenoxy) is 1. The Kier molecular flexibility index (Phi) is 4.82. The summed E-state index contributed by atoms with van der Waals surface area (Å²) in [5.74, 6) is 2.07. The average Bonchev–Trinajstić information content (AvgIpc) is 2.98. The standard InChI is InChI=1S/C17H25N5O2/c1-11-8-12(2)16(23-5)19-14(11)9-22-7-6-21(4)15(10-22)17-18-13(3)20-24-17/h8,15H,6-7,9-10H2,1-5H3. The van der Waals surface area contributed by atoms with Crippen molar-refractivity contribution in [1.29, 1.82) is 0 Å². The topological polar surface area (TPSA) is 67.5 Å². The molecule has 24 heavy (non-hydrogen) atoms. The molecular formula is C17H25N5O2. The van der Waals surface area contributed by atoms with Gasteiger partial charge in [-0.05, 0) is 39.4 Å². The van der Waals surface area contributed by atoms with Crippen LogP contribution in [-0.2, 0) is 6.54 Å². The lowest BCUT2D eigenvalue weighted by molar-refractivity contribution is 0.0705. The van der Waals surface area contributed by atoms with E-state index in [-0.39, 0.29) is 6.04 Å². The molecule has 0 radical (unpaired) electrons. The maximum Gasteiger partial charge on any atom is 0.245 e. The number of nitrogens with zero attached hydrogens (tertiary/aromatic N) is 5. The third-order valence-electron chi connectivity index (χ3n) is 4.59. The quantitative estimate of drug-likeness (QED) is 0.847. The van der Waals surface area contributed by atoms with Crippen molar-refractivity contribution in [2.45, 2.75) is 33.4 Å². The predicted molar refractivity (Wildman–Crippen MR) is 89.9 cm³/mol. The van der Waals surface area contributed by atoms with Gasteiger partial charge >= 0.3 is 0 Å². The number of hydrogen-bond acceptors (Lipinski definition) is 7.